The van der Waals surface area contributed by atoms with Crippen molar-refractivity contribution in [2.45, 2.75) is 31.1 Å². The molecule has 10 heavy (non-hydrogen) atoms. The lowest BCUT2D eigenvalue weighted by molar-refractivity contribution is 0.119. The zero-order valence-corrected chi connectivity index (χ0v) is 7.95. The second-order valence-electron chi connectivity index (χ2n) is 3.21. The average Bonchev–Trinajstić information content (AvgIpc) is 1.96. The van der Waals surface area contributed by atoms with Crippen molar-refractivity contribution in [3.05, 3.63) is 0 Å². The second-order valence-corrected chi connectivity index (χ2v) is 4.48. The van der Waals surface area contributed by atoms with Gasteiger partial charge in [-0.05, 0) is 32.7 Å². The molecule has 0 aromatic heterocycles. The first-order valence-corrected chi connectivity index (χ1v) is 5.26. The molecule has 1 aliphatic heterocycles. The highest BCUT2D eigenvalue weighted by Gasteiger charge is 2.24. The predicted molar refractivity (Wildman–Crippen MR) is 48.6 cm³/mol. The summed E-state index contributed by atoms with van der Waals surface area (Å²) >= 11 is 1.98. The van der Waals surface area contributed by atoms with Crippen LogP contribution in [0.5, 0.6) is 0 Å². The van der Waals surface area contributed by atoms with Crippen LogP contribution < -0.4 is 0 Å². The summed E-state index contributed by atoms with van der Waals surface area (Å²) in [5.41, 5.74) is 0. The van der Waals surface area contributed by atoms with Crippen molar-refractivity contribution in [3.8, 4) is 0 Å². The minimum atomic E-state index is 0.841. The van der Waals surface area contributed by atoms with Crippen LogP contribution >= 0.6 is 11.8 Å². The molecule has 1 saturated heterocycles. The Balaban J connectivity index is 2.12. The van der Waals surface area contributed by atoms with E-state index in [1.165, 1.54) is 19.4 Å². The summed E-state index contributed by atoms with van der Waals surface area (Å²) in [4.78, 5) is 2.45. The smallest absolute Gasteiger partial charge is 0.0115 e. The van der Waals surface area contributed by atoms with E-state index in [-0.39, 0.29) is 0 Å². The standard InChI is InChI=1S/C8H17NS/c1-7(10-3)6-8-4-5-9(8)2/h7-8H,4-6H2,1-3H3/t7?,8-/m0/s1. The van der Waals surface area contributed by atoms with E-state index in [1.807, 2.05) is 11.8 Å². The van der Waals surface area contributed by atoms with Crippen LogP contribution in [0.15, 0.2) is 0 Å². The molecule has 0 aromatic rings. The van der Waals surface area contributed by atoms with Gasteiger partial charge >= 0.3 is 0 Å². The Bertz CT molecular complexity index is 105. The molecule has 0 bridgehead atoms. The molecule has 1 nitrogen and oxygen atoms in total. The first kappa shape index (κ1) is 8.41. The lowest BCUT2D eigenvalue weighted by atomic mass is 9.99. The van der Waals surface area contributed by atoms with Crippen molar-refractivity contribution in [1.29, 1.82) is 0 Å². The van der Waals surface area contributed by atoms with Gasteiger partial charge in [0.2, 0.25) is 0 Å². The van der Waals surface area contributed by atoms with Gasteiger partial charge in [-0.2, -0.15) is 11.8 Å². The van der Waals surface area contributed by atoms with Gasteiger partial charge in [0.15, 0.2) is 0 Å². The normalized spacial score (nSPS) is 29.7. The average molecular weight is 159 g/mol. The summed E-state index contributed by atoms with van der Waals surface area (Å²) in [6, 6.07) is 0.891. The monoisotopic (exact) mass is 159 g/mol. The molecule has 0 radical (unpaired) electrons. The topological polar surface area (TPSA) is 3.24 Å². The molecule has 2 atom stereocenters. The highest BCUT2D eigenvalue weighted by atomic mass is 32.2. The molecule has 0 spiro atoms. The third-order valence-corrected chi connectivity index (χ3v) is 3.44. The highest BCUT2D eigenvalue weighted by molar-refractivity contribution is 7.99. The predicted octanol–water partition coefficient (Wildman–Crippen LogP) is 1.83. The van der Waals surface area contributed by atoms with E-state index in [0.29, 0.717) is 0 Å². The van der Waals surface area contributed by atoms with E-state index in [4.69, 9.17) is 0 Å². The van der Waals surface area contributed by atoms with Gasteiger partial charge in [-0.3, -0.25) is 0 Å². The quantitative estimate of drug-likeness (QED) is 0.618. The van der Waals surface area contributed by atoms with Gasteiger partial charge in [0, 0.05) is 11.3 Å². The van der Waals surface area contributed by atoms with Crippen LogP contribution in [0.25, 0.3) is 0 Å². The Hall–Kier alpha value is 0.310. The van der Waals surface area contributed by atoms with Gasteiger partial charge in [-0.25, -0.2) is 0 Å². The van der Waals surface area contributed by atoms with Gasteiger partial charge < -0.3 is 4.90 Å². The zero-order chi connectivity index (χ0) is 7.56. The minimum absolute atomic E-state index is 0.841. The molecule has 1 fully saturated rings. The molecule has 0 saturated carbocycles. The number of nitrogens with zero attached hydrogens (tertiary/aromatic N) is 1. The maximum Gasteiger partial charge on any atom is 0.0115 e. The van der Waals surface area contributed by atoms with Crippen molar-refractivity contribution in [1.82, 2.24) is 4.90 Å². The van der Waals surface area contributed by atoms with Crippen LogP contribution in [-0.2, 0) is 0 Å². The molecular formula is C8H17NS. The summed E-state index contributed by atoms with van der Waals surface area (Å²) < 4.78 is 0. The van der Waals surface area contributed by atoms with E-state index in [9.17, 15) is 0 Å². The molecule has 1 unspecified atom stereocenters. The van der Waals surface area contributed by atoms with Crippen LogP contribution in [0.4, 0.5) is 0 Å². The lowest BCUT2D eigenvalue weighted by Gasteiger charge is -2.39. The maximum atomic E-state index is 2.45. The van der Waals surface area contributed by atoms with Crippen LogP contribution in [0, 0.1) is 0 Å². The number of hydrogen-bond donors (Lipinski definition) is 0. The Morgan fingerprint density at radius 3 is 2.70 bits per heavy atom. The lowest BCUT2D eigenvalue weighted by Crippen LogP contribution is -2.45. The zero-order valence-electron chi connectivity index (χ0n) is 7.13. The van der Waals surface area contributed by atoms with Crippen molar-refractivity contribution in [3.63, 3.8) is 0 Å². The summed E-state index contributed by atoms with van der Waals surface area (Å²) in [5.74, 6) is 0. The molecule has 1 rings (SSSR count). The van der Waals surface area contributed by atoms with Crippen LogP contribution in [-0.4, -0.2) is 36.0 Å². The summed E-state index contributed by atoms with van der Waals surface area (Å²) in [6.07, 6.45) is 4.99. The summed E-state index contributed by atoms with van der Waals surface area (Å²) in [6.45, 7) is 3.63. The molecule has 0 N–H and O–H groups in total. The molecular weight excluding hydrogens is 142 g/mol. The van der Waals surface area contributed by atoms with E-state index in [1.54, 1.807) is 0 Å². The number of thioether (sulfide) groups is 1. The highest BCUT2D eigenvalue weighted by Crippen LogP contribution is 2.23. The summed E-state index contributed by atoms with van der Waals surface area (Å²) in [7, 11) is 2.22. The summed E-state index contributed by atoms with van der Waals surface area (Å²) in [5, 5.41) is 0.841. The maximum absolute atomic E-state index is 2.45. The van der Waals surface area contributed by atoms with E-state index < -0.39 is 0 Å². The van der Waals surface area contributed by atoms with Gasteiger partial charge in [-0.1, -0.05) is 6.92 Å². The largest absolute Gasteiger partial charge is 0.303 e. The molecule has 1 aliphatic rings. The molecule has 2 heteroatoms. The van der Waals surface area contributed by atoms with Crippen LogP contribution in [0.1, 0.15) is 19.8 Å². The SMILES string of the molecule is CSC(C)C[C@@H]1CCN1C. The van der Waals surface area contributed by atoms with E-state index in [2.05, 4.69) is 25.1 Å². The first-order chi connectivity index (χ1) is 4.74. The van der Waals surface area contributed by atoms with Crippen molar-refractivity contribution in [2.24, 2.45) is 0 Å². The Morgan fingerprint density at radius 2 is 2.40 bits per heavy atom. The molecule has 0 aromatic carbocycles. The van der Waals surface area contributed by atoms with Gasteiger partial charge in [0.25, 0.3) is 0 Å². The van der Waals surface area contributed by atoms with Gasteiger partial charge in [0.05, 0.1) is 0 Å². The second kappa shape index (κ2) is 3.63. The van der Waals surface area contributed by atoms with Crippen LogP contribution in [0.3, 0.4) is 0 Å². The number of likely N-dealkylation sites (tertiary alicyclic amines) is 1. The molecule has 60 valence electrons. The van der Waals surface area contributed by atoms with Crippen molar-refractivity contribution in [2.75, 3.05) is 19.8 Å². The van der Waals surface area contributed by atoms with Crippen molar-refractivity contribution >= 4 is 11.8 Å². The number of hydrogen-bond acceptors (Lipinski definition) is 2. The van der Waals surface area contributed by atoms with E-state index >= 15 is 0 Å². The van der Waals surface area contributed by atoms with E-state index in [0.717, 1.165) is 11.3 Å². The molecule has 0 amide bonds. The van der Waals surface area contributed by atoms with Gasteiger partial charge in [0.1, 0.15) is 0 Å². The van der Waals surface area contributed by atoms with Crippen LogP contribution in [0.2, 0.25) is 0 Å². The minimum Gasteiger partial charge on any atom is -0.303 e. The van der Waals surface area contributed by atoms with Gasteiger partial charge in [-0.15, -0.1) is 0 Å². The third-order valence-electron chi connectivity index (χ3n) is 2.44. The fourth-order valence-corrected chi connectivity index (χ4v) is 1.76. The third kappa shape index (κ3) is 1.89. The molecule has 1 heterocycles. The fourth-order valence-electron chi connectivity index (χ4n) is 1.35. The number of rotatable bonds is 3. The Labute approximate surface area is 68.2 Å². The first-order valence-electron chi connectivity index (χ1n) is 3.97. The Morgan fingerprint density at radius 1 is 1.70 bits per heavy atom. The fraction of sp³-hybridized carbons (Fsp3) is 1.00. The van der Waals surface area contributed by atoms with Crippen molar-refractivity contribution < 1.29 is 0 Å². The molecule has 0 aliphatic carbocycles. The Kier molecular flexibility index (Phi) is 3.05.